The lowest BCUT2D eigenvalue weighted by Gasteiger charge is -2.38. The van der Waals surface area contributed by atoms with Gasteiger partial charge in [-0.05, 0) is 38.9 Å². The summed E-state index contributed by atoms with van der Waals surface area (Å²) in [5.74, 6) is 0.145. The highest BCUT2D eigenvalue weighted by atomic mass is 32.2. The SMILES string of the molecule is CSC1(C#N)CCN(C(C)C(=O)NC2CC2)CC1. The first-order chi connectivity index (χ1) is 8.60. The lowest BCUT2D eigenvalue weighted by molar-refractivity contribution is -0.126. The van der Waals surface area contributed by atoms with Gasteiger partial charge in [-0.2, -0.15) is 5.26 Å². The van der Waals surface area contributed by atoms with E-state index in [4.69, 9.17) is 0 Å². The molecule has 0 bridgehead atoms. The molecule has 2 rings (SSSR count). The first-order valence-electron chi connectivity index (χ1n) is 6.61. The summed E-state index contributed by atoms with van der Waals surface area (Å²) in [5, 5.41) is 12.3. The number of hydrogen-bond acceptors (Lipinski definition) is 4. The molecule has 1 unspecified atom stereocenters. The number of hydrogen-bond donors (Lipinski definition) is 1. The Morgan fingerprint density at radius 1 is 1.50 bits per heavy atom. The number of nitriles is 1. The van der Waals surface area contributed by atoms with Crippen molar-refractivity contribution >= 4 is 17.7 Å². The molecule has 100 valence electrons. The van der Waals surface area contributed by atoms with Gasteiger partial charge >= 0.3 is 0 Å². The Labute approximate surface area is 113 Å². The third kappa shape index (κ3) is 2.99. The highest BCUT2D eigenvalue weighted by Gasteiger charge is 2.37. The highest BCUT2D eigenvalue weighted by Crippen LogP contribution is 2.34. The number of nitrogens with one attached hydrogen (secondary N) is 1. The van der Waals surface area contributed by atoms with Crippen molar-refractivity contribution < 1.29 is 4.79 Å². The van der Waals surface area contributed by atoms with Crippen molar-refractivity contribution in [1.29, 1.82) is 5.26 Å². The molecule has 5 heteroatoms. The van der Waals surface area contributed by atoms with E-state index in [-0.39, 0.29) is 16.7 Å². The van der Waals surface area contributed by atoms with Gasteiger partial charge in [0.15, 0.2) is 0 Å². The fourth-order valence-corrected chi connectivity index (χ4v) is 3.03. The van der Waals surface area contributed by atoms with Gasteiger partial charge < -0.3 is 5.32 Å². The van der Waals surface area contributed by atoms with E-state index >= 15 is 0 Å². The second-order valence-corrected chi connectivity index (χ2v) is 6.49. The van der Waals surface area contributed by atoms with Gasteiger partial charge in [-0.1, -0.05) is 0 Å². The van der Waals surface area contributed by atoms with Gasteiger partial charge in [0.05, 0.1) is 12.1 Å². The zero-order chi connectivity index (χ0) is 13.2. The molecule has 1 saturated carbocycles. The summed E-state index contributed by atoms with van der Waals surface area (Å²) in [4.78, 5) is 14.2. The van der Waals surface area contributed by atoms with E-state index in [1.54, 1.807) is 11.8 Å². The monoisotopic (exact) mass is 267 g/mol. The van der Waals surface area contributed by atoms with Crippen molar-refractivity contribution in [2.45, 2.75) is 49.4 Å². The molecule has 1 aliphatic heterocycles. The first-order valence-corrected chi connectivity index (χ1v) is 7.83. The summed E-state index contributed by atoms with van der Waals surface area (Å²) in [6, 6.07) is 2.79. The molecule has 18 heavy (non-hydrogen) atoms. The third-order valence-electron chi connectivity index (χ3n) is 4.05. The van der Waals surface area contributed by atoms with Crippen LogP contribution in [0.15, 0.2) is 0 Å². The quantitative estimate of drug-likeness (QED) is 0.836. The van der Waals surface area contributed by atoms with E-state index in [1.807, 2.05) is 13.2 Å². The van der Waals surface area contributed by atoms with Gasteiger partial charge in [0, 0.05) is 19.1 Å². The van der Waals surface area contributed by atoms with E-state index < -0.39 is 0 Å². The van der Waals surface area contributed by atoms with Gasteiger partial charge in [-0.3, -0.25) is 9.69 Å². The van der Waals surface area contributed by atoms with Crippen molar-refractivity contribution in [1.82, 2.24) is 10.2 Å². The van der Waals surface area contributed by atoms with Crippen LogP contribution in [0, 0.1) is 11.3 Å². The predicted octanol–water partition coefficient (Wildman–Crippen LogP) is 1.37. The average molecular weight is 267 g/mol. The minimum absolute atomic E-state index is 0.0656. The number of rotatable bonds is 4. The standard InChI is InChI=1S/C13H21N3OS/c1-10(12(17)15-11-3-4-11)16-7-5-13(9-14,18-2)6-8-16/h10-11H,3-8H2,1-2H3,(H,15,17). The Balaban J connectivity index is 1.84. The topological polar surface area (TPSA) is 56.1 Å². The second kappa shape index (κ2) is 5.50. The first kappa shape index (κ1) is 13.7. The van der Waals surface area contributed by atoms with Crippen LogP contribution in [0.2, 0.25) is 0 Å². The molecule has 0 spiro atoms. The van der Waals surface area contributed by atoms with E-state index in [0.29, 0.717) is 6.04 Å². The Bertz CT molecular complexity index is 354. The zero-order valence-corrected chi connectivity index (χ0v) is 11.9. The van der Waals surface area contributed by atoms with Crippen LogP contribution in [0.25, 0.3) is 0 Å². The second-order valence-electron chi connectivity index (χ2n) is 5.31. The molecule has 0 radical (unpaired) electrons. The predicted molar refractivity (Wildman–Crippen MR) is 73.3 cm³/mol. The van der Waals surface area contributed by atoms with Gasteiger partial charge in [0.2, 0.25) is 5.91 Å². The molecule has 1 atom stereocenters. The number of carbonyl (C=O) groups excluding carboxylic acids is 1. The van der Waals surface area contributed by atoms with Crippen LogP contribution in [0.3, 0.4) is 0 Å². The molecule has 1 saturated heterocycles. The summed E-state index contributed by atoms with van der Waals surface area (Å²) in [6.07, 6.45) is 5.96. The van der Waals surface area contributed by atoms with Crippen molar-refractivity contribution in [2.24, 2.45) is 0 Å². The third-order valence-corrected chi connectivity index (χ3v) is 5.33. The van der Waals surface area contributed by atoms with Crippen LogP contribution < -0.4 is 5.32 Å². The van der Waals surface area contributed by atoms with Crippen LogP contribution in [-0.2, 0) is 4.79 Å². The van der Waals surface area contributed by atoms with Gasteiger partial charge in [0.25, 0.3) is 0 Å². The molecular formula is C13H21N3OS. The summed E-state index contributed by atoms with van der Waals surface area (Å²) in [5.41, 5.74) is 0. The summed E-state index contributed by atoms with van der Waals surface area (Å²) < 4.78 is -0.233. The number of nitrogens with zero attached hydrogens (tertiary/aromatic N) is 2. The molecule has 0 aromatic heterocycles. The van der Waals surface area contributed by atoms with Crippen LogP contribution in [-0.4, -0.2) is 47.0 Å². The van der Waals surface area contributed by atoms with Gasteiger partial charge in [0.1, 0.15) is 4.75 Å². The van der Waals surface area contributed by atoms with Crippen LogP contribution in [0.5, 0.6) is 0 Å². The van der Waals surface area contributed by atoms with E-state index in [9.17, 15) is 10.1 Å². The number of amides is 1. The minimum atomic E-state index is -0.233. The van der Waals surface area contributed by atoms with E-state index in [2.05, 4.69) is 16.3 Å². The molecule has 0 aromatic carbocycles. The molecule has 1 aliphatic carbocycles. The van der Waals surface area contributed by atoms with Crippen molar-refractivity contribution in [3.63, 3.8) is 0 Å². The van der Waals surface area contributed by atoms with Crippen LogP contribution >= 0.6 is 11.8 Å². The van der Waals surface area contributed by atoms with E-state index in [1.165, 1.54) is 0 Å². The molecule has 1 N–H and O–H groups in total. The maximum atomic E-state index is 12.0. The maximum Gasteiger partial charge on any atom is 0.237 e. The van der Waals surface area contributed by atoms with Crippen LogP contribution in [0.1, 0.15) is 32.6 Å². The van der Waals surface area contributed by atoms with Crippen molar-refractivity contribution in [3.8, 4) is 6.07 Å². The minimum Gasteiger partial charge on any atom is -0.352 e. The van der Waals surface area contributed by atoms with Crippen LogP contribution in [0.4, 0.5) is 0 Å². The van der Waals surface area contributed by atoms with E-state index in [0.717, 1.165) is 38.8 Å². The molecule has 2 aliphatic rings. The molecule has 1 amide bonds. The Hall–Kier alpha value is -0.730. The highest BCUT2D eigenvalue weighted by molar-refractivity contribution is 8.00. The summed E-state index contributed by atoms with van der Waals surface area (Å²) >= 11 is 1.65. The number of carbonyl (C=O) groups is 1. The Kier molecular flexibility index (Phi) is 4.18. The van der Waals surface area contributed by atoms with Crippen molar-refractivity contribution in [3.05, 3.63) is 0 Å². The number of thioether (sulfide) groups is 1. The van der Waals surface area contributed by atoms with Gasteiger partial charge in [-0.15, -0.1) is 11.8 Å². The fourth-order valence-electron chi connectivity index (χ4n) is 2.35. The summed E-state index contributed by atoms with van der Waals surface area (Å²) in [6.45, 7) is 3.65. The number of piperidine rings is 1. The summed E-state index contributed by atoms with van der Waals surface area (Å²) in [7, 11) is 0. The largest absolute Gasteiger partial charge is 0.352 e. The normalized spacial score (nSPS) is 25.2. The molecular weight excluding hydrogens is 246 g/mol. The lowest BCUT2D eigenvalue weighted by Crippen LogP contribution is -2.51. The Morgan fingerprint density at radius 2 is 2.11 bits per heavy atom. The molecule has 0 aromatic rings. The van der Waals surface area contributed by atoms with Crippen molar-refractivity contribution in [2.75, 3.05) is 19.3 Å². The molecule has 1 heterocycles. The molecule has 2 fully saturated rings. The zero-order valence-electron chi connectivity index (χ0n) is 11.1. The smallest absolute Gasteiger partial charge is 0.237 e. The maximum absolute atomic E-state index is 12.0. The fraction of sp³-hybridized carbons (Fsp3) is 0.846. The number of likely N-dealkylation sites (tertiary alicyclic amines) is 1. The Morgan fingerprint density at radius 3 is 2.56 bits per heavy atom. The molecule has 4 nitrogen and oxygen atoms in total. The average Bonchev–Trinajstić information content (AvgIpc) is 3.22. The van der Waals surface area contributed by atoms with Gasteiger partial charge in [-0.25, -0.2) is 0 Å². The lowest BCUT2D eigenvalue weighted by atomic mass is 9.96.